The fourth-order valence-electron chi connectivity index (χ4n) is 3.74. The second-order valence-electron chi connectivity index (χ2n) is 7.28. The molecule has 1 aromatic heterocycles. The molecule has 2 N–H and O–H groups in total. The van der Waals surface area contributed by atoms with E-state index in [1.807, 2.05) is 6.07 Å². The lowest BCUT2D eigenvalue weighted by Gasteiger charge is -2.29. The Morgan fingerprint density at radius 3 is 2.57 bits per heavy atom. The summed E-state index contributed by atoms with van der Waals surface area (Å²) < 4.78 is 42.9. The topological polar surface area (TPSA) is 66.4 Å². The van der Waals surface area contributed by atoms with Crippen molar-refractivity contribution in [2.45, 2.75) is 11.4 Å². The van der Waals surface area contributed by atoms with E-state index >= 15 is 0 Å². The van der Waals surface area contributed by atoms with Crippen LogP contribution in [0.25, 0.3) is 11.3 Å². The summed E-state index contributed by atoms with van der Waals surface area (Å²) in [5.74, 6) is -0.461. The minimum Gasteiger partial charge on any atom is -0.369 e. The molecule has 1 fully saturated rings. The van der Waals surface area contributed by atoms with E-state index in [9.17, 15) is 12.8 Å². The van der Waals surface area contributed by atoms with Crippen molar-refractivity contribution < 1.29 is 12.8 Å². The number of nitrogens with zero attached hydrogens (tertiary/aromatic N) is 2. The third-order valence-corrected chi connectivity index (χ3v) is 6.90. The molecule has 0 saturated carbocycles. The van der Waals surface area contributed by atoms with Crippen LogP contribution < -0.4 is 15.5 Å². The van der Waals surface area contributed by atoms with Gasteiger partial charge in [0.15, 0.2) is 0 Å². The Kier molecular flexibility index (Phi) is 5.90. The fraction of sp³-hybridized carbons (Fsp3) is 0.273. The molecule has 0 atom stereocenters. The lowest BCUT2D eigenvalue weighted by atomic mass is 10.1. The molecule has 2 heterocycles. The van der Waals surface area contributed by atoms with Gasteiger partial charge < -0.3 is 15.5 Å². The smallest absolute Gasteiger partial charge is 0.268 e. The van der Waals surface area contributed by atoms with E-state index in [1.165, 1.54) is 10.0 Å². The molecule has 6 nitrogen and oxygen atoms in total. The zero-order valence-corrected chi connectivity index (χ0v) is 17.6. The molecule has 158 valence electrons. The van der Waals surface area contributed by atoms with Crippen molar-refractivity contribution in [1.29, 1.82) is 0 Å². The van der Waals surface area contributed by atoms with Crippen molar-refractivity contribution in [1.82, 2.24) is 14.6 Å². The molecule has 0 spiro atoms. The summed E-state index contributed by atoms with van der Waals surface area (Å²) >= 11 is 0. The Bertz CT molecular complexity index is 1140. The van der Waals surface area contributed by atoms with Gasteiger partial charge in [0.2, 0.25) is 0 Å². The number of hydrogen-bond donors (Lipinski definition) is 2. The van der Waals surface area contributed by atoms with E-state index in [-0.39, 0.29) is 10.5 Å². The minimum absolute atomic E-state index is 0.183. The molecule has 1 aliphatic heterocycles. The number of nitrogens with one attached hydrogen (secondary N) is 2. The zero-order valence-electron chi connectivity index (χ0n) is 16.8. The first kappa shape index (κ1) is 20.6. The number of hydrogen-bond acceptors (Lipinski definition) is 5. The third-order valence-electron chi connectivity index (χ3n) is 5.23. The predicted octanol–water partition coefficient (Wildman–Crippen LogP) is 2.66. The van der Waals surface area contributed by atoms with Crippen LogP contribution in [0.15, 0.2) is 65.7 Å². The Balaban J connectivity index is 1.80. The quantitative estimate of drug-likeness (QED) is 0.632. The molecule has 30 heavy (non-hydrogen) atoms. The van der Waals surface area contributed by atoms with Gasteiger partial charge in [-0.2, -0.15) is 0 Å². The summed E-state index contributed by atoms with van der Waals surface area (Å²) in [7, 11) is -2.13. The number of piperazine rings is 1. The summed E-state index contributed by atoms with van der Waals surface area (Å²) in [6, 6.07) is 14.9. The van der Waals surface area contributed by atoms with Gasteiger partial charge >= 0.3 is 0 Å². The van der Waals surface area contributed by atoms with Crippen molar-refractivity contribution in [3.8, 4) is 11.3 Å². The normalized spacial score (nSPS) is 14.8. The molecule has 0 radical (unpaired) electrons. The molecule has 0 bridgehead atoms. The van der Waals surface area contributed by atoms with Crippen LogP contribution in [0.4, 0.5) is 10.1 Å². The second kappa shape index (κ2) is 8.59. The summed E-state index contributed by atoms with van der Waals surface area (Å²) in [6.45, 7) is 3.84. The molecule has 2 aromatic carbocycles. The summed E-state index contributed by atoms with van der Waals surface area (Å²) in [5.41, 5.74) is 2.19. The first-order valence-corrected chi connectivity index (χ1v) is 11.4. The van der Waals surface area contributed by atoms with E-state index in [0.717, 1.165) is 37.4 Å². The van der Waals surface area contributed by atoms with E-state index in [4.69, 9.17) is 0 Å². The van der Waals surface area contributed by atoms with Gasteiger partial charge in [0.1, 0.15) is 5.82 Å². The standard InChI is InChI=1S/C22H25FN4O2S/c1-24-15-17-13-22(20-7-2-3-8-21(20)23)27(16-17)30(28,29)19-6-4-5-18(14-19)26-11-9-25-10-12-26/h2-8,13-14,16,24-25H,9-12,15H2,1H3. The summed E-state index contributed by atoms with van der Waals surface area (Å²) in [6.07, 6.45) is 1.56. The van der Waals surface area contributed by atoms with E-state index in [2.05, 4.69) is 15.5 Å². The zero-order chi connectivity index (χ0) is 21.1. The van der Waals surface area contributed by atoms with Gasteiger partial charge in [-0.25, -0.2) is 16.8 Å². The van der Waals surface area contributed by atoms with E-state index in [1.54, 1.807) is 55.7 Å². The predicted molar refractivity (Wildman–Crippen MR) is 117 cm³/mol. The average molecular weight is 429 g/mol. The van der Waals surface area contributed by atoms with Crippen LogP contribution in [0, 0.1) is 5.82 Å². The first-order valence-electron chi connectivity index (χ1n) is 9.93. The highest BCUT2D eigenvalue weighted by Gasteiger charge is 2.24. The van der Waals surface area contributed by atoms with Crippen molar-refractivity contribution >= 4 is 15.7 Å². The Morgan fingerprint density at radius 1 is 1.07 bits per heavy atom. The fourth-order valence-corrected chi connectivity index (χ4v) is 5.17. The van der Waals surface area contributed by atoms with Crippen LogP contribution in [-0.4, -0.2) is 45.6 Å². The van der Waals surface area contributed by atoms with Gasteiger partial charge in [0.05, 0.1) is 10.6 Å². The van der Waals surface area contributed by atoms with Crippen LogP contribution in [0.2, 0.25) is 0 Å². The van der Waals surface area contributed by atoms with E-state index in [0.29, 0.717) is 12.2 Å². The molecule has 0 unspecified atom stereocenters. The molecule has 1 aliphatic rings. The molecular weight excluding hydrogens is 403 g/mol. The van der Waals surface area contributed by atoms with Gasteiger partial charge in [-0.3, -0.25) is 0 Å². The van der Waals surface area contributed by atoms with Crippen LogP contribution >= 0.6 is 0 Å². The largest absolute Gasteiger partial charge is 0.369 e. The van der Waals surface area contributed by atoms with Gasteiger partial charge in [-0.15, -0.1) is 0 Å². The maximum Gasteiger partial charge on any atom is 0.268 e. The highest BCUT2D eigenvalue weighted by atomic mass is 32.2. The highest BCUT2D eigenvalue weighted by Crippen LogP contribution is 2.30. The average Bonchev–Trinajstić information content (AvgIpc) is 3.20. The first-order chi connectivity index (χ1) is 14.5. The van der Waals surface area contributed by atoms with Crippen LogP contribution in [0.3, 0.4) is 0 Å². The van der Waals surface area contributed by atoms with E-state index < -0.39 is 15.8 Å². The van der Waals surface area contributed by atoms with Gasteiger partial charge in [0, 0.05) is 50.2 Å². The highest BCUT2D eigenvalue weighted by molar-refractivity contribution is 7.90. The SMILES string of the molecule is CNCc1cc(-c2ccccc2F)n(S(=O)(=O)c2cccc(N3CCNCC3)c2)c1. The molecule has 0 amide bonds. The summed E-state index contributed by atoms with van der Waals surface area (Å²) in [5, 5.41) is 6.31. The maximum absolute atomic E-state index is 14.5. The van der Waals surface area contributed by atoms with Crippen molar-refractivity contribution in [2.24, 2.45) is 0 Å². The van der Waals surface area contributed by atoms with Crippen molar-refractivity contribution in [3.63, 3.8) is 0 Å². The molecular formula is C22H25FN4O2S. The van der Waals surface area contributed by atoms with Gasteiger partial charge in [-0.05, 0) is 49.0 Å². The number of aromatic nitrogens is 1. The lowest BCUT2D eigenvalue weighted by molar-refractivity contribution is 0.584. The van der Waals surface area contributed by atoms with Crippen molar-refractivity contribution in [2.75, 3.05) is 38.1 Å². The maximum atomic E-state index is 14.5. The molecule has 1 saturated heterocycles. The molecule has 8 heteroatoms. The van der Waals surface area contributed by atoms with Crippen molar-refractivity contribution in [3.05, 3.63) is 72.2 Å². The number of rotatable bonds is 6. The van der Waals surface area contributed by atoms with Crippen LogP contribution in [0.1, 0.15) is 5.56 Å². The van der Waals surface area contributed by atoms with Crippen LogP contribution in [-0.2, 0) is 16.6 Å². The van der Waals surface area contributed by atoms with Gasteiger partial charge in [-0.1, -0.05) is 18.2 Å². The van der Waals surface area contributed by atoms with Gasteiger partial charge in [0.25, 0.3) is 10.0 Å². The lowest BCUT2D eigenvalue weighted by Crippen LogP contribution is -2.43. The Morgan fingerprint density at radius 2 is 1.83 bits per heavy atom. The number of halogens is 1. The molecule has 0 aliphatic carbocycles. The Hall–Kier alpha value is -2.68. The monoisotopic (exact) mass is 428 g/mol. The minimum atomic E-state index is -3.91. The number of benzene rings is 2. The Labute approximate surface area is 176 Å². The van der Waals surface area contributed by atoms with Crippen LogP contribution in [0.5, 0.6) is 0 Å². The molecule has 3 aromatic rings. The second-order valence-corrected chi connectivity index (χ2v) is 9.09. The third kappa shape index (κ3) is 3.98. The number of anilines is 1. The summed E-state index contributed by atoms with van der Waals surface area (Å²) in [4.78, 5) is 2.35. The molecule has 4 rings (SSSR count).